The average Bonchev–Trinajstić information content (AvgIpc) is 2.60. The first-order chi connectivity index (χ1) is 6.65. The summed E-state index contributed by atoms with van der Waals surface area (Å²) in [5, 5.41) is 21.7. The lowest BCUT2D eigenvalue weighted by molar-refractivity contribution is 0.119. The van der Waals surface area contributed by atoms with Gasteiger partial charge in [-0.3, -0.25) is 0 Å². The molecule has 0 bridgehead atoms. The van der Waals surface area contributed by atoms with Crippen molar-refractivity contribution in [1.82, 2.24) is 5.32 Å². The number of aliphatic hydroxyl groups excluding tert-OH is 1. The van der Waals surface area contributed by atoms with Crippen LogP contribution in [-0.2, 0) is 0 Å². The van der Waals surface area contributed by atoms with Gasteiger partial charge in [0.1, 0.15) is 0 Å². The molecule has 0 aliphatic heterocycles. The third-order valence-corrected chi connectivity index (χ3v) is 3.04. The molecule has 3 heteroatoms. The Morgan fingerprint density at radius 2 is 2.21 bits per heavy atom. The summed E-state index contributed by atoms with van der Waals surface area (Å²) in [5.74, 6) is 0.429. The molecular weight excluding hydrogens is 176 g/mol. The van der Waals surface area contributed by atoms with Crippen LogP contribution in [0.2, 0.25) is 0 Å². The van der Waals surface area contributed by atoms with Crippen molar-refractivity contribution < 1.29 is 5.11 Å². The monoisotopic (exact) mass is 196 g/mol. The molecule has 1 aliphatic rings. The number of nitrogens with one attached hydrogen (secondary N) is 1. The van der Waals surface area contributed by atoms with Crippen LogP contribution in [0.1, 0.15) is 33.1 Å². The summed E-state index contributed by atoms with van der Waals surface area (Å²) in [6.07, 6.45) is 2.91. The molecule has 1 saturated carbocycles. The highest BCUT2D eigenvalue weighted by Gasteiger charge is 2.27. The Morgan fingerprint density at radius 3 is 2.79 bits per heavy atom. The smallest absolute Gasteiger partial charge is 0.0687 e. The largest absolute Gasteiger partial charge is 0.392 e. The second-order valence-corrected chi connectivity index (χ2v) is 4.49. The van der Waals surface area contributed by atoms with Crippen molar-refractivity contribution in [2.75, 3.05) is 6.54 Å². The summed E-state index contributed by atoms with van der Waals surface area (Å²) in [6, 6.07) is 2.62. The molecule has 3 atom stereocenters. The van der Waals surface area contributed by atoms with Crippen molar-refractivity contribution in [2.45, 2.75) is 45.3 Å². The molecule has 0 saturated heterocycles. The van der Waals surface area contributed by atoms with Crippen molar-refractivity contribution in [1.29, 1.82) is 5.26 Å². The van der Waals surface area contributed by atoms with Crippen LogP contribution in [0.15, 0.2) is 0 Å². The molecule has 0 spiro atoms. The highest BCUT2D eigenvalue weighted by atomic mass is 16.3. The molecule has 1 aliphatic carbocycles. The Labute approximate surface area is 86.1 Å². The van der Waals surface area contributed by atoms with E-state index in [-0.39, 0.29) is 17.9 Å². The Bertz CT molecular complexity index is 210. The van der Waals surface area contributed by atoms with Gasteiger partial charge < -0.3 is 10.4 Å². The van der Waals surface area contributed by atoms with Crippen LogP contribution >= 0.6 is 0 Å². The minimum atomic E-state index is -0.296. The van der Waals surface area contributed by atoms with Gasteiger partial charge in [0, 0.05) is 12.6 Å². The van der Waals surface area contributed by atoms with E-state index >= 15 is 0 Å². The van der Waals surface area contributed by atoms with E-state index in [4.69, 9.17) is 5.26 Å². The second kappa shape index (κ2) is 5.33. The standard InChI is InChI=1S/C11H20N2O/c1-8(2)11(14)7-13-10-5-3-4-9(10)6-12/h8-11,13-14H,3-5,7H2,1-2H3. The highest BCUT2D eigenvalue weighted by molar-refractivity contribution is 4.96. The summed E-state index contributed by atoms with van der Waals surface area (Å²) in [4.78, 5) is 0. The van der Waals surface area contributed by atoms with Gasteiger partial charge in [-0.2, -0.15) is 5.26 Å². The zero-order valence-electron chi connectivity index (χ0n) is 9.03. The van der Waals surface area contributed by atoms with Gasteiger partial charge in [0.15, 0.2) is 0 Å². The fourth-order valence-electron chi connectivity index (χ4n) is 1.87. The Morgan fingerprint density at radius 1 is 1.50 bits per heavy atom. The molecule has 1 rings (SSSR count). The van der Waals surface area contributed by atoms with E-state index in [1.165, 1.54) is 0 Å². The fraction of sp³-hybridized carbons (Fsp3) is 0.909. The first-order valence-corrected chi connectivity index (χ1v) is 5.46. The molecule has 0 radical (unpaired) electrons. The highest BCUT2D eigenvalue weighted by Crippen LogP contribution is 2.24. The predicted octanol–water partition coefficient (Wildman–Crippen LogP) is 1.29. The molecule has 0 aromatic rings. The van der Waals surface area contributed by atoms with E-state index in [0.29, 0.717) is 12.6 Å². The number of nitriles is 1. The van der Waals surface area contributed by atoms with Gasteiger partial charge in [0.25, 0.3) is 0 Å². The topological polar surface area (TPSA) is 56.0 Å². The Hall–Kier alpha value is -0.590. The van der Waals surface area contributed by atoms with Crippen LogP contribution in [-0.4, -0.2) is 23.8 Å². The van der Waals surface area contributed by atoms with Crippen LogP contribution in [0.5, 0.6) is 0 Å². The maximum absolute atomic E-state index is 9.60. The molecule has 80 valence electrons. The van der Waals surface area contributed by atoms with Gasteiger partial charge >= 0.3 is 0 Å². The lowest BCUT2D eigenvalue weighted by Crippen LogP contribution is -2.39. The molecule has 0 aromatic carbocycles. The zero-order valence-corrected chi connectivity index (χ0v) is 9.03. The molecule has 0 aromatic heterocycles. The van der Waals surface area contributed by atoms with Crippen LogP contribution in [0.4, 0.5) is 0 Å². The van der Waals surface area contributed by atoms with Gasteiger partial charge in [-0.1, -0.05) is 20.3 Å². The van der Waals surface area contributed by atoms with E-state index in [1.54, 1.807) is 0 Å². The third-order valence-electron chi connectivity index (χ3n) is 3.04. The summed E-state index contributed by atoms with van der Waals surface area (Å²) in [7, 11) is 0. The summed E-state index contributed by atoms with van der Waals surface area (Å²) in [5.41, 5.74) is 0. The number of rotatable bonds is 4. The lowest BCUT2D eigenvalue weighted by Gasteiger charge is -2.20. The van der Waals surface area contributed by atoms with E-state index in [0.717, 1.165) is 19.3 Å². The van der Waals surface area contributed by atoms with E-state index in [2.05, 4.69) is 11.4 Å². The van der Waals surface area contributed by atoms with Crippen molar-refractivity contribution in [3.05, 3.63) is 0 Å². The average molecular weight is 196 g/mol. The molecule has 2 N–H and O–H groups in total. The zero-order chi connectivity index (χ0) is 10.6. The molecule has 0 heterocycles. The first kappa shape index (κ1) is 11.5. The van der Waals surface area contributed by atoms with Crippen LogP contribution in [0.25, 0.3) is 0 Å². The number of hydrogen-bond acceptors (Lipinski definition) is 3. The van der Waals surface area contributed by atoms with E-state index < -0.39 is 0 Å². The number of hydrogen-bond donors (Lipinski definition) is 2. The number of aliphatic hydroxyl groups is 1. The summed E-state index contributed by atoms with van der Waals surface area (Å²) < 4.78 is 0. The van der Waals surface area contributed by atoms with Gasteiger partial charge in [-0.25, -0.2) is 0 Å². The molecule has 1 fully saturated rings. The first-order valence-electron chi connectivity index (χ1n) is 5.46. The van der Waals surface area contributed by atoms with Gasteiger partial charge in [0.2, 0.25) is 0 Å². The second-order valence-electron chi connectivity index (χ2n) is 4.49. The van der Waals surface area contributed by atoms with Gasteiger partial charge in [0.05, 0.1) is 18.1 Å². The minimum absolute atomic E-state index is 0.148. The van der Waals surface area contributed by atoms with Crippen LogP contribution in [0.3, 0.4) is 0 Å². The van der Waals surface area contributed by atoms with Crippen molar-refractivity contribution in [2.24, 2.45) is 11.8 Å². The Balaban J connectivity index is 2.27. The molecular formula is C11H20N2O. The maximum atomic E-state index is 9.60. The van der Waals surface area contributed by atoms with Crippen LogP contribution < -0.4 is 5.32 Å². The Kier molecular flexibility index (Phi) is 4.37. The van der Waals surface area contributed by atoms with Crippen molar-refractivity contribution >= 4 is 0 Å². The van der Waals surface area contributed by atoms with E-state index in [1.807, 2.05) is 13.8 Å². The molecule has 3 nitrogen and oxygen atoms in total. The van der Waals surface area contributed by atoms with E-state index in [9.17, 15) is 5.11 Å². The minimum Gasteiger partial charge on any atom is -0.392 e. The lowest BCUT2D eigenvalue weighted by atomic mass is 10.0. The quantitative estimate of drug-likeness (QED) is 0.712. The molecule has 14 heavy (non-hydrogen) atoms. The fourth-order valence-corrected chi connectivity index (χ4v) is 1.87. The normalized spacial score (nSPS) is 29.1. The summed E-state index contributed by atoms with van der Waals surface area (Å²) >= 11 is 0. The number of nitrogens with zero attached hydrogens (tertiary/aromatic N) is 1. The van der Waals surface area contributed by atoms with Crippen molar-refractivity contribution in [3.63, 3.8) is 0 Å². The predicted molar refractivity (Wildman–Crippen MR) is 55.6 cm³/mol. The van der Waals surface area contributed by atoms with Gasteiger partial charge in [-0.15, -0.1) is 0 Å². The van der Waals surface area contributed by atoms with Crippen molar-refractivity contribution in [3.8, 4) is 6.07 Å². The SMILES string of the molecule is CC(C)C(O)CNC1CCCC1C#N. The maximum Gasteiger partial charge on any atom is 0.0687 e. The molecule has 0 amide bonds. The summed E-state index contributed by atoms with van der Waals surface area (Å²) in [6.45, 7) is 4.62. The van der Waals surface area contributed by atoms with Crippen LogP contribution in [0, 0.1) is 23.2 Å². The van der Waals surface area contributed by atoms with Gasteiger partial charge in [-0.05, 0) is 18.8 Å². The molecule has 3 unspecified atom stereocenters. The third kappa shape index (κ3) is 2.97.